The van der Waals surface area contributed by atoms with E-state index in [0.717, 1.165) is 36.3 Å². The second kappa shape index (κ2) is 5.76. The van der Waals surface area contributed by atoms with Crippen molar-refractivity contribution in [3.8, 4) is 5.75 Å². The van der Waals surface area contributed by atoms with Gasteiger partial charge in [0.25, 0.3) is 0 Å². The fourth-order valence-corrected chi connectivity index (χ4v) is 2.97. The molecular formula is C16H16BrNO. The minimum Gasteiger partial charge on any atom is -0.493 e. The maximum atomic E-state index is 5.73. The number of nitrogens with one attached hydrogen (secondary N) is 1. The molecule has 2 aromatic rings. The van der Waals surface area contributed by atoms with Crippen LogP contribution < -0.4 is 10.1 Å². The summed E-state index contributed by atoms with van der Waals surface area (Å²) in [4.78, 5) is 0. The van der Waals surface area contributed by atoms with E-state index in [-0.39, 0.29) is 0 Å². The summed E-state index contributed by atoms with van der Waals surface area (Å²) in [6.07, 6.45) is 1.01. The standard InChI is InChI=1S/C16H16BrNO/c17-15-8-13-6-7-19-16(13)14(9-15)11-18-10-12-4-2-1-3-5-12/h1-5,8-9,18H,6-7,10-11H2. The second-order valence-corrected chi connectivity index (χ2v) is 5.66. The summed E-state index contributed by atoms with van der Waals surface area (Å²) in [5.41, 5.74) is 3.85. The number of benzene rings is 2. The molecule has 98 valence electrons. The van der Waals surface area contributed by atoms with Gasteiger partial charge in [-0.05, 0) is 23.3 Å². The Bertz CT molecular complexity index is 568. The van der Waals surface area contributed by atoms with Crippen molar-refractivity contribution in [1.29, 1.82) is 0 Å². The van der Waals surface area contributed by atoms with E-state index in [2.05, 4.69) is 57.6 Å². The molecule has 0 aliphatic carbocycles. The molecule has 1 aliphatic rings. The second-order valence-electron chi connectivity index (χ2n) is 4.74. The van der Waals surface area contributed by atoms with Crippen molar-refractivity contribution in [3.63, 3.8) is 0 Å². The quantitative estimate of drug-likeness (QED) is 0.929. The van der Waals surface area contributed by atoms with Gasteiger partial charge < -0.3 is 10.1 Å². The van der Waals surface area contributed by atoms with E-state index >= 15 is 0 Å². The molecule has 2 aromatic carbocycles. The Hall–Kier alpha value is -1.32. The third-order valence-corrected chi connectivity index (χ3v) is 3.77. The van der Waals surface area contributed by atoms with Gasteiger partial charge in [-0.15, -0.1) is 0 Å². The average molecular weight is 318 g/mol. The molecule has 0 bridgehead atoms. The van der Waals surface area contributed by atoms with Crippen molar-refractivity contribution in [3.05, 3.63) is 63.6 Å². The van der Waals surface area contributed by atoms with Crippen LogP contribution in [-0.2, 0) is 19.5 Å². The summed E-state index contributed by atoms with van der Waals surface area (Å²) in [5, 5.41) is 3.47. The summed E-state index contributed by atoms with van der Waals surface area (Å²) in [7, 11) is 0. The molecule has 0 amide bonds. The highest BCUT2D eigenvalue weighted by atomic mass is 79.9. The lowest BCUT2D eigenvalue weighted by Gasteiger charge is -2.10. The molecule has 0 fully saturated rings. The molecule has 19 heavy (non-hydrogen) atoms. The van der Waals surface area contributed by atoms with E-state index in [4.69, 9.17) is 4.74 Å². The van der Waals surface area contributed by atoms with Crippen LogP contribution in [0.5, 0.6) is 5.75 Å². The fraction of sp³-hybridized carbons (Fsp3) is 0.250. The molecule has 0 radical (unpaired) electrons. The third-order valence-electron chi connectivity index (χ3n) is 3.31. The number of halogens is 1. The molecule has 1 N–H and O–H groups in total. The van der Waals surface area contributed by atoms with Crippen molar-refractivity contribution < 1.29 is 4.74 Å². The first kappa shape index (κ1) is 12.7. The van der Waals surface area contributed by atoms with E-state index < -0.39 is 0 Å². The molecule has 3 rings (SSSR count). The van der Waals surface area contributed by atoms with Crippen LogP contribution in [0.4, 0.5) is 0 Å². The highest BCUT2D eigenvalue weighted by Gasteiger charge is 2.16. The van der Waals surface area contributed by atoms with Gasteiger partial charge in [0.2, 0.25) is 0 Å². The maximum absolute atomic E-state index is 5.73. The molecule has 0 atom stereocenters. The van der Waals surface area contributed by atoms with Crippen molar-refractivity contribution in [1.82, 2.24) is 5.32 Å². The van der Waals surface area contributed by atoms with E-state index in [1.165, 1.54) is 16.7 Å². The van der Waals surface area contributed by atoms with Crippen LogP contribution in [0, 0.1) is 0 Å². The zero-order valence-corrected chi connectivity index (χ0v) is 12.2. The van der Waals surface area contributed by atoms with Crippen molar-refractivity contribution in [2.75, 3.05) is 6.61 Å². The highest BCUT2D eigenvalue weighted by Crippen LogP contribution is 2.32. The number of rotatable bonds is 4. The summed E-state index contributed by atoms with van der Waals surface area (Å²) >= 11 is 3.57. The van der Waals surface area contributed by atoms with Gasteiger partial charge in [0.05, 0.1) is 6.61 Å². The first-order valence-electron chi connectivity index (χ1n) is 6.51. The molecule has 0 unspecified atom stereocenters. The van der Waals surface area contributed by atoms with Crippen molar-refractivity contribution in [2.24, 2.45) is 0 Å². The molecule has 0 saturated carbocycles. The van der Waals surface area contributed by atoms with Crippen LogP contribution in [0.15, 0.2) is 46.9 Å². The monoisotopic (exact) mass is 317 g/mol. The van der Waals surface area contributed by atoms with E-state index in [1.807, 2.05) is 6.07 Å². The molecule has 0 saturated heterocycles. The largest absolute Gasteiger partial charge is 0.493 e. The molecule has 0 spiro atoms. The molecular weight excluding hydrogens is 302 g/mol. The minimum atomic E-state index is 0.803. The fourth-order valence-electron chi connectivity index (χ4n) is 2.41. The number of ether oxygens (including phenoxy) is 1. The van der Waals surface area contributed by atoms with E-state index in [0.29, 0.717) is 0 Å². The van der Waals surface area contributed by atoms with Gasteiger partial charge >= 0.3 is 0 Å². The summed E-state index contributed by atoms with van der Waals surface area (Å²) in [6.45, 7) is 2.51. The third kappa shape index (κ3) is 2.99. The van der Waals surface area contributed by atoms with Crippen LogP contribution in [0.1, 0.15) is 16.7 Å². The topological polar surface area (TPSA) is 21.3 Å². The summed E-state index contributed by atoms with van der Waals surface area (Å²) in [5.74, 6) is 1.07. The predicted octanol–water partition coefficient (Wildman–Crippen LogP) is 3.67. The van der Waals surface area contributed by atoms with Gasteiger partial charge in [-0.2, -0.15) is 0 Å². The molecule has 1 aliphatic heterocycles. The van der Waals surface area contributed by atoms with Crippen LogP contribution >= 0.6 is 15.9 Å². The lowest BCUT2D eigenvalue weighted by molar-refractivity contribution is 0.352. The van der Waals surface area contributed by atoms with Gasteiger partial charge in [0, 0.05) is 29.5 Å². The SMILES string of the molecule is Brc1cc2c(c(CNCc3ccccc3)c1)OCC2. The van der Waals surface area contributed by atoms with Crippen LogP contribution in [-0.4, -0.2) is 6.61 Å². The zero-order valence-electron chi connectivity index (χ0n) is 10.7. The molecule has 3 heteroatoms. The van der Waals surface area contributed by atoms with Crippen molar-refractivity contribution in [2.45, 2.75) is 19.5 Å². The van der Waals surface area contributed by atoms with Crippen molar-refractivity contribution >= 4 is 15.9 Å². The van der Waals surface area contributed by atoms with Gasteiger partial charge in [0.1, 0.15) is 5.75 Å². The first-order valence-corrected chi connectivity index (χ1v) is 7.31. The van der Waals surface area contributed by atoms with Gasteiger partial charge in [-0.1, -0.05) is 46.3 Å². The maximum Gasteiger partial charge on any atom is 0.127 e. The van der Waals surface area contributed by atoms with Gasteiger partial charge in [-0.25, -0.2) is 0 Å². The molecule has 1 heterocycles. The predicted molar refractivity (Wildman–Crippen MR) is 80.3 cm³/mol. The molecule has 0 aromatic heterocycles. The Morgan fingerprint density at radius 3 is 2.79 bits per heavy atom. The first-order chi connectivity index (χ1) is 9.33. The normalized spacial score (nSPS) is 13.1. The van der Waals surface area contributed by atoms with E-state index in [1.54, 1.807) is 0 Å². The number of hydrogen-bond donors (Lipinski definition) is 1. The average Bonchev–Trinajstić information content (AvgIpc) is 2.88. The number of hydrogen-bond acceptors (Lipinski definition) is 2. The molecule has 2 nitrogen and oxygen atoms in total. The van der Waals surface area contributed by atoms with Crippen LogP contribution in [0.25, 0.3) is 0 Å². The minimum absolute atomic E-state index is 0.803. The lowest BCUT2D eigenvalue weighted by Crippen LogP contribution is -2.13. The Labute approximate surface area is 121 Å². The van der Waals surface area contributed by atoms with Crippen LogP contribution in [0.3, 0.4) is 0 Å². The number of fused-ring (bicyclic) bond motifs is 1. The zero-order chi connectivity index (χ0) is 13.1. The van der Waals surface area contributed by atoms with E-state index in [9.17, 15) is 0 Å². The Morgan fingerprint density at radius 2 is 1.95 bits per heavy atom. The summed E-state index contributed by atoms with van der Waals surface area (Å²) < 4.78 is 6.86. The lowest BCUT2D eigenvalue weighted by atomic mass is 10.1. The van der Waals surface area contributed by atoms with Gasteiger partial charge in [-0.3, -0.25) is 0 Å². The Balaban J connectivity index is 1.67. The van der Waals surface area contributed by atoms with Gasteiger partial charge in [0.15, 0.2) is 0 Å². The smallest absolute Gasteiger partial charge is 0.127 e. The highest BCUT2D eigenvalue weighted by molar-refractivity contribution is 9.10. The van der Waals surface area contributed by atoms with Crippen LogP contribution in [0.2, 0.25) is 0 Å². The Kier molecular flexibility index (Phi) is 3.85. The Morgan fingerprint density at radius 1 is 1.11 bits per heavy atom. The summed E-state index contributed by atoms with van der Waals surface area (Å²) in [6, 6.07) is 14.7.